The summed E-state index contributed by atoms with van der Waals surface area (Å²) < 4.78 is 5.42. The highest BCUT2D eigenvalue weighted by atomic mass is 16.8. The standard InChI is InChI=1S/C26H28N5O5/c32-23-16-29(10-9-28-11-13-36-14-12-28)26(33)22-15-20-19-3-1-2-4-21(19)27-24(20)25(30(22)23)17-5-7-18(8-6-17)31(34)35/h1-8,22,25,27,34H,9-16H2/q-1/t22-,25?/m0/s1. The normalized spacial score (nSPS) is 22.6. The Hall–Kier alpha value is -3.44. The average Bonchev–Trinajstić information content (AvgIpc) is 3.28. The molecule has 0 spiro atoms. The van der Waals surface area contributed by atoms with E-state index in [1.807, 2.05) is 24.3 Å². The minimum atomic E-state index is -0.610. The van der Waals surface area contributed by atoms with Crippen LogP contribution in [-0.4, -0.2) is 88.7 Å². The van der Waals surface area contributed by atoms with Crippen LogP contribution < -0.4 is 5.23 Å². The molecule has 0 aliphatic carbocycles. The lowest BCUT2D eigenvalue weighted by Gasteiger charge is -2.47. The molecule has 0 radical (unpaired) electrons. The zero-order valence-corrected chi connectivity index (χ0v) is 19.8. The van der Waals surface area contributed by atoms with Crippen LogP contribution in [0.15, 0.2) is 48.5 Å². The number of hydrogen-bond acceptors (Lipinski definition) is 7. The van der Waals surface area contributed by atoms with Crippen LogP contribution in [0.3, 0.4) is 0 Å². The highest BCUT2D eigenvalue weighted by molar-refractivity contribution is 5.97. The summed E-state index contributed by atoms with van der Waals surface area (Å²) >= 11 is 0. The molecule has 2 saturated heterocycles. The second kappa shape index (κ2) is 9.21. The molecule has 2 atom stereocenters. The van der Waals surface area contributed by atoms with E-state index >= 15 is 0 Å². The summed E-state index contributed by atoms with van der Waals surface area (Å²) in [5, 5.41) is 21.4. The van der Waals surface area contributed by atoms with Crippen LogP contribution in [0.25, 0.3) is 10.9 Å². The van der Waals surface area contributed by atoms with Gasteiger partial charge in [-0.3, -0.25) is 19.7 Å². The number of piperazine rings is 1. The Kier molecular flexibility index (Phi) is 5.88. The Morgan fingerprint density at radius 2 is 1.81 bits per heavy atom. The lowest BCUT2D eigenvalue weighted by atomic mass is 9.86. The SMILES string of the molecule is O=C1[C@@H]2Cc3c([nH]c4ccccc34)C(c3ccc(N([O-])O)cc3)N2C(=O)CN1CCN1CCOCC1. The number of nitrogens with zero attached hydrogens (tertiary/aromatic N) is 4. The lowest BCUT2D eigenvalue weighted by Crippen LogP contribution is -2.63. The molecule has 1 aromatic heterocycles. The number of para-hydroxylation sites is 1. The van der Waals surface area contributed by atoms with E-state index in [1.165, 1.54) is 12.1 Å². The molecule has 3 aromatic rings. The van der Waals surface area contributed by atoms with Crippen LogP contribution in [0.1, 0.15) is 22.9 Å². The Balaban J connectivity index is 1.36. The van der Waals surface area contributed by atoms with Gasteiger partial charge in [0.15, 0.2) is 0 Å². The number of amides is 2. The summed E-state index contributed by atoms with van der Waals surface area (Å²) in [4.78, 5) is 36.5. The van der Waals surface area contributed by atoms with E-state index in [9.17, 15) is 20.0 Å². The average molecular weight is 491 g/mol. The molecule has 188 valence electrons. The van der Waals surface area contributed by atoms with Gasteiger partial charge < -0.3 is 30.0 Å². The molecule has 36 heavy (non-hydrogen) atoms. The van der Waals surface area contributed by atoms with E-state index in [-0.39, 0.29) is 29.3 Å². The fourth-order valence-corrected chi connectivity index (χ4v) is 5.73. The third-order valence-electron chi connectivity index (χ3n) is 7.56. The molecule has 10 nitrogen and oxygen atoms in total. The van der Waals surface area contributed by atoms with Gasteiger partial charge in [0.2, 0.25) is 11.8 Å². The second-order valence-electron chi connectivity index (χ2n) is 9.56. The van der Waals surface area contributed by atoms with E-state index in [0.717, 1.165) is 40.8 Å². The van der Waals surface area contributed by atoms with Crippen molar-refractivity contribution in [3.63, 3.8) is 0 Å². The molecule has 0 saturated carbocycles. The number of H-pyrrole nitrogens is 1. The van der Waals surface area contributed by atoms with Gasteiger partial charge in [0, 0.05) is 49.2 Å². The summed E-state index contributed by atoms with van der Waals surface area (Å²) in [7, 11) is 0. The van der Waals surface area contributed by atoms with Crippen molar-refractivity contribution < 1.29 is 19.5 Å². The topological polar surface area (TPSA) is 115 Å². The van der Waals surface area contributed by atoms with Crippen molar-refractivity contribution in [3.8, 4) is 0 Å². The first-order valence-electron chi connectivity index (χ1n) is 12.3. The third kappa shape index (κ3) is 3.92. The van der Waals surface area contributed by atoms with Crippen LogP contribution in [-0.2, 0) is 20.7 Å². The fraction of sp³-hybridized carbons (Fsp3) is 0.385. The van der Waals surface area contributed by atoms with E-state index in [2.05, 4.69) is 9.88 Å². The Bertz CT molecular complexity index is 1280. The Labute approximate surface area is 208 Å². The number of nitrogens with one attached hydrogen (secondary N) is 1. The first-order chi connectivity index (χ1) is 17.5. The Morgan fingerprint density at radius 3 is 2.56 bits per heavy atom. The van der Waals surface area contributed by atoms with E-state index in [4.69, 9.17) is 4.74 Å². The van der Waals surface area contributed by atoms with Crippen LogP contribution in [0.4, 0.5) is 5.69 Å². The number of rotatable bonds is 5. The monoisotopic (exact) mass is 490 g/mol. The molecular weight excluding hydrogens is 462 g/mol. The molecule has 3 aliphatic heterocycles. The molecule has 10 heteroatoms. The van der Waals surface area contributed by atoms with E-state index in [1.54, 1.807) is 21.9 Å². The molecule has 4 heterocycles. The van der Waals surface area contributed by atoms with Gasteiger partial charge in [0.25, 0.3) is 0 Å². The molecule has 2 aromatic carbocycles. The maximum absolute atomic E-state index is 13.8. The van der Waals surface area contributed by atoms with Crippen LogP contribution in [0.5, 0.6) is 0 Å². The van der Waals surface area contributed by atoms with Gasteiger partial charge in [-0.25, -0.2) is 0 Å². The van der Waals surface area contributed by atoms with Gasteiger partial charge in [-0.15, -0.1) is 0 Å². The van der Waals surface area contributed by atoms with Crippen LogP contribution in [0, 0.1) is 5.21 Å². The largest absolute Gasteiger partial charge is 0.733 e. The first kappa shape index (κ1) is 23.0. The van der Waals surface area contributed by atoms with Crippen molar-refractivity contribution >= 4 is 28.4 Å². The molecule has 2 fully saturated rings. The number of hydrogen-bond donors (Lipinski definition) is 2. The highest BCUT2D eigenvalue weighted by Gasteiger charge is 2.48. The highest BCUT2D eigenvalue weighted by Crippen LogP contribution is 2.42. The summed E-state index contributed by atoms with van der Waals surface area (Å²) in [6.45, 7) is 4.29. The van der Waals surface area contributed by atoms with Crippen molar-refractivity contribution in [2.24, 2.45) is 0 Å². The summed E-state index contributed by atoms with van der Waals surface area (Å²) in [6.07, 6.45) is 0.442. The zero-order chi connectivity index (χ0) is 24.8. The predicted molar refractivity (Wildman–Crippen MR) is 132 cm³/mol. The molecule has 3 aliphatic rings. The molecule has 0 bridgehead atoms. The number of carbonyl (C=O) groups is 2. The van der Waals surface area contributed by atoms with E-state index in [0.29, 0.717) is 32.7 Å². The number of ether oxygens (including phenoxy) is 1. The maximum Gasteiger partial charge on any atom is 0.246 e. The third-order valence-corrected chi connectivity index (χ3v) is 7.56. The van der Waals surface area contributed by atoms with Crippen molar-refractivity contribution in [2.45, 2.75) is 18.5 Å². The van der Waals surface area contributed by atoms with Crippen LogP contribution in [0.2, 0.25) is 0 Å². The number of fused-ring (bicyclic) bond motifs is 4. The number of carbonyl (C=O) groups excluding carboxylic acids is 2. The van der Waals surface area contributed by atoms with Gasteiger partial charge in [-0.2, -0.15) is 0 Å². The molecule has 6 rings (SSSR count). The van der Waals surface area contributed by atoms with Gasteiger partial charge >= 0.3 is 0 Å². The molecular formula is C26H28N5O5-. The molecule has 1 unspecified atom stereocenters. The van der Waals surface area contributed by atoms with Crippen molar-refractivity contribution in [1.82, 2.24) is 19.7 Å². The quantitative estimate of drug-likeness (QED) is 0.525. The summed E-state index contributed by atoms with van der Waals surface area (Å²) in [5.41, 5.74) is 3.73. The predicted octanol–water partition coefficient (Wildman–Crippen LogP) is 1.88. The number of aromatic nitrogens is 1. The minimum Gasteiger partial charge on any atom is -0.733 e. The van der Waals surface area contributed by atoms with Crippen LogP contribution >= 0.6 is 0 Å². The number of anilines is 1. The van der Waals surface area contributed by atoms with Crippen molar-refractivity contribution in [1.29, 1.82) is 0 Å². The maximum atomic E-state index is 13.8. The van der Waals surface area contributed by atoms with Gasteiger partial charge in [-0.05, 0) is 29.3 Å². The number of benzene rings is 2. The fourth-order valence-electron chi connectivity index (χ4n) is 5.73. The second-order valence-corrected chi connectivity index (χ2v) is 9.56. The lowest BCUT2D eigenvalue weighted by molar-refractivity contribution is -0.158. The number of morpholine rings is 1. The minimum absolute atomic E-state index is 0.0365. The summed E-state index contributed by atoms with van der Waals surface area (Å²) in [6, 6.07) is 13.3. The van der Waals surface area contributed by atoms with Gasteiger partial charge in [0.05, 0.1) is 31.5 Å². The van der Waals surface area contributed by atoms with E-state index < -0.39 is 12.1 Å². The van der Waals surface area contributed by atoms with Gasteiger partial charge in [-0.1, -0.05) is 30.3 Å². The molecule has 2 amide bonds. The summed E-state index contributed by atoms with van der Waals surface area (Å²) in [5.74, 6) is -0.144. The van der Waals surface area contributed by atoms with Crippen molar-refractivity contribution in [3.05, 3.63) is 70.6 Å². The smallest absolute Gasteiger partial charge is 0.246 e. The molecule has 2 N–H and O–H groups in total. The first-order valence-corrected chi connectivity index (χ1v) is 12.3. The van der Waals surface area contributed by atoms with Crippen molar-refractivity contribution in [2.75, 3.05) is 51.2 Å². The van der Waals surface area contributed by atoms with Gasteiger partial charge in [0.1, 0.15) is 6.04 Å². The Morgan fingerprint density at radius 1 is 1.06 bits per heavy atom. The zero-order valence-electron chi connectivity index (χ0n) is 19.8. The number of aromatic amines is 1.